The molecule has 2 amide bonds. The van der Waals surface area contributed by atoms with Crippen molar-refractivity contribution in [3.05, 3.63) is 0 Å². The van der Waals surface area contributed by atoms with E-state index in [1.54, 1.807) is 18.7 Å². The fourth-order valence-corrected chi connectivity index (χ4v) is 8.29. The van der Waals surface area contributed by atoms with Crippen LogP contribution in [0.15, 0.2) is 0 Å². The van der Waals surface area contributed by atoms with Crippen molar-refractivity contribution in [2.45, 2.75) is 285 Å². The third kappa shape index (κ3) is 41.2. The summed E-state index contributed by atoms with van der Waals surface area (Å²) in [5.74, 6) is -0.616. The Hall–Kier alpha value is -2.60. The summed E-state index contributed by atoms with van der Waals surface area (Å²) in [6.07, 6.45) is 34.5. The molecule has 12 nitrogen and oxygen atoms in total. The van der Waals surface area contributed by atoms with E-state index in [2.05, 4.69) is 31.0 Å². The summed E-state index contributed by atoms with van der Waals surface area (Å²) in [6, 6.07) is 0. The van der Waals surface area contributed by atoms with E-state index in [1.807, 2.05) is 20.8 Å². The van der Waals surface area contributed by atoms with E-state index >= 15 is 0 Å². The van der Waals surface area contributed by atoms with Crippen LogP contribution in [0.2, 0.25) is 0 Å². The van der Waals surface area contributed by atoms with Crippen molar-refractivity contribution < 1.29 is 43.2 Å². The predicted molar refractivity (Wildman–Crippen MR) is 280 cm³/mol. The number of aliphatic hydroxyl groups excluding tert-OH is 1. The lowest BCUT2D eigenvalue weighted by molar-refractivity contribution is -0.168. The number of nitrogens with zero attached hydrogens (tertiary/aromatic N) is 2. The average Bonchev–Trinajstić information content (AvgIpc) is 3.28. The molecule has 0 saturated carbocycles. The van der Waals surface area contributed by atoms with Gasteiger partial charge in [0.2, 0.25) is 5.60 Å². The number of carbonyl (C=O) groups excluding carboxylic acids is 4. The van der Waals surface area contributed by atoms with E-state index in [1.165, 1.54) is 83.5 Å². The molecule has 2 N–H and O–H groups in total. The van der Waals surface area contributed by atoms with Gasteiger partial charge in [-0.2, -0.15) is 0 Å². The minimum Gasteiger partial charge on any atom is -0.466 e. The predicted octanol–water partition coefficient (Wildman–Crippen LogP) is 14.4. The molecule has 0 unspecified atom stereocenters. The van der Waals surface area contributed by atoms with Crippen molar-refractivity contribution in [3.8, 4) is 0 Å². The molecule has 402 valence electrons. The van der Waals surface area contributed by atoms with Gasteiger partial charge in [0.05, 0.1) is 6.61 Å². The van der Waals surface area contributed by atoms with Gasteiger partial charge in [0.15, 0.2) is 0 Å². The van der Waals surface area contributed by atoms with Gasteiger partial charge in [-0.05, 0) is 105 Å². The fraction of sp³-hybridized carbons (Fsp3) is 0.929. The van der Waals surface area contributed by atoms with Gasteiger partial charge in [-0.15, -0.1) is 0 Å². The normalized spacial score (nSPS) is 11.9. The van der Waals surface area contributed by atoms with Crippen LogP contribution in [-0.2, 0) is 28.5 Å². The van der Waals surface area contributed by atoms with Crippen LogP contribution < -0.4 is 5.32 Å². The second kappa shape index (κ2) is 44.3. The van der Waals surface area contributed by atoms with E-state index in [4.69, 9.17) is 24.1 Å². The first-order chi connectivity index (χ1) is 32.7. The summed E-state index contributed by atoms with van der Waals surface area (Å²) in [6.45, 7) is 19.4. The summed E-state index contributed by atoms with van der Waals surface area (Å²) in [5, 5.41) is 11.9. The molecule has 0 aliphatic carbocycles. The van der Waals surface area contributed by atoms with Crippen LogP contribution in [0.25, 0.3) is 0 Å². The molecule has 68 heavy (non-hydrogen) atoms. The van der Waals surface area contributed by atoms with Gasteiger partial charge in [0.1, 0.15) is 11.7 Å². The molecule has 0 bridgehead atoms. The van der Waals surface area contributed by atoms with Crippen LogP contribution in [0.3, 0.4) is 0 Å². The molecule has 0 atom stereocenters. The quantitative estimate of drug-likeness (QED) is 0.0344. The molecular formula is C56H109N3O9. The summed E-state index contributed by atoms with van der Waals surface area (Å²) < 4.78 is 23.0. The highest BCUT2D eigenvalue weighted by molar-refractivity contribution is 5.82. The molecule has 0 saturated heterocycles. The summed E-state index contributed by atoms with van der Waals surface area (Å²) in [4.78, 5) is 56.4. The monoisotopic (exact) mass is 968 g/mol. The van der Waals surface area contributed by atoms with Crippen LogP contribution in [-0.4, -0.2) is 109 Å². The number of aliphatic hydroxyl groups is 1. The highest BCUT2D eigenvalue weighted by Gasteiger charge is 2.35. The molecule has 0 aliphatic rings. The van der Waals surface area contributed by atoms with Crippen molar-refractivity contribution in [2.75, 3.05) is 52.5 Å². The molecular weight excluding hydrogens is 859 g/mol. The lowest BCUT2D eigenvalue weighted by atomic mass is 10.0. The first-order valence-corrected chi connectivity index (χ1v) is 28.3. The number of unbranched alkanes of at least 4 members (excludes halogenated alkanes) is 25. The summed E-state index contributed by atoms with van der Waals surface area (Å²) in [7, 11) is 0. The summed E-state index contributed by atoms with van der Waals surface area (Å²) in [5.41, 5.74) is -2.17. The smallest absolute Gasteiger partial charge is 0.410 e. The molecule has 0 spiro atoms. The molecule has 0 heterocycles. The number of nitrogens with one attached hydrogen (secondary N) is 1. The zero-order valence-corrected chi connectivity index (χ0v) is 45.7. The van der Waals surface area contributed by atoms with E-state index in [0.29, 0.717) is 26.1 Å². The molecule has 0 rings (SSSR count). The van der Waals surface area contributed by atoms with Crippen LogP contribution in [0, 0.1) is 0 Å². The van der Waals surface area contributed by atoms with E-state index in [0.717, 1.165) is 135 Å². The molecule has 0 aromatic heterocycles. The molecule has 0 aliphatic heterocycles. The number of hydrogen-bond donors (Lipinski definition) is 2. The second-order valence-electron chi connectivity index (χ2n) is 21.0. The lowest BCUT2D eigenvalue weighted by Crippen LogP contribution is -2.47. The van der Waals surface area contributed by atoms with Crippen molar-refractivity contribution in [1.82, 2.24) is 15.1 Å². The number of ether oxygens (including phenoxy) is 4. The van der Waals surface area contributed by atoms with Gasteiger partial charge in [0.25, 0.3) is 0 Å². The number of amides is 2. The van der Waals surface area contributed by atoms with Crippen LogP contribution in [0.5, 0.6) is 0 Å². The van der Waals surface area contributed by atoms with E-state index in [9.17, 15) is 19.2 Å². The zero-order valence-electron chi connectivity index (χ0n) is 45.7. The van der Waals surface area contributed by atoms with Crippen molar-refractivity contribution >= 4 is 24.1 Å². The minimum atomic E-state index is -1.48. The van der Waals surface area contributed by atoms with Gasteiger partial charge < -0.3 is 39.2 Å². The topological polar surface area (TPSA) is 144 Å². The molecule has 0 aromatic rings. The maximum Gasteiger partial charge on any atom is 0.410 e. The first kappa shape index (κ1) is 65.4. The molecule has 0 aromatic carbocycles. The van der Waals surface area contributed by atoms with E-state index in [-0.39, 0.29) is 31.8 Å². The molecule has 12 heteroatoms. The number of alkyl carbamates (subject to hydrolysis) is 1. The average molecular weight is 968 g/mol. The van der Waals surface area contributed by atoms with Crippen molar-refractivity contribution in [2.24, 2.45) is 0 Å². The highest BCUT2D eigenvalue weighted by atomic mass is 16.6. The molecule has 0 fully saturated rings. The highest BCUT2D eigenvalue weighted by Crippen LogP contribution is 2.21. The Kier molecular flexibility index (Phi) is 42.7. The lowest BCUT2D eigenvalue weighted by Gasteiger charge is -2.30. The van der Waals surface area contributed by atoms with Gasteiger partial charge in [-0.3, -0.25) is 4.79 Å². The van der Waals surface area contributed by atoms with Gasteiger partial charge in [0, 0.05) is 39.2 Å². The summed E-state index contributed by atoms with van der Waals surface area (Å²) >= 11 is 0. The number of esters is 2. The maximum absolute atomic E-state index is 13.5. The standard InChI is InChI=1S/C56H109N3O9/c1-9-12-15-18-23-31-38-49-65-51(61)41-34-27-24-29-36-44-58(43-35-28-21-22-30-37-48-60)46-47-59(54(64)68-55(4,5)6)45-42-57-53(63)67-56(7,8)52(62)66-50(39-32-25-19-16-13-10-2)40-33-26-20-17-14-11-3/h50,60H,9-49H2,1-8H3,(H,57,63). The number of hydrogen-bond acceptors (Lipinski definition) is 10. The Morgan fingerprint density at radius 3 is 1.47 bits per heavy atom. The Balaban J connectivity index is 5.26. The van der Waals surface area contributed by atoms with Gasteiger partial charge >= 0.3 is 24.1 Å². The third-order valence-electron chi connectivity index (χ3n) is 12.6. The Bertz CT molecular complexity index is 1190. The van der Waals surface area contributed by atoms with Crippen molar-refractivity contribution in [1.29, 1.82) is 0 Å². The van der Waals surface area contributed by atoms with Gasteiger partial charge in [-0.25, -0.2) is 14.4 Å². The number of rotatable bonds is 47. The second-order valence-corrected chi connectivity index (χ2v) is 21.0. The van der Waals surface area contributed by atoms with Crippen LogP contribution in [0.4, 0.5) is 9.59 Å². The maximum atomic E-state index is 13.5. The van der Waals surface area contributed by atoms with Crippen LogP contribution in [0.1, 0.15) is 267 Å². The molecule has 0 radical (unpaired) electrons. The van der Waals surface area contributed by atoms with Crippen molar-refractivity contribution in [3.63, 3.8) is 0 Å². The van der Waals surface area contributed by atoms with Gasteiger partial charge in [-0.1, -0.05) is 168 Å². The van der Waals surface area contributed by atoms with Crippen LogP contribution >= 0.6 is 0 Å². The first-order valence-electron chi connectivity index (χ1n) is 28.3. The Morgan fingerprint density at radius 2 is 0.971 bits per heavy atom. The Labute approximate surface area is 418 Å². The Morgan fingerprint density at radius 1 is 0.515 bits per heavy atom. The largest absolute Gasteiger partial charge is 0.466 e. The fourth-order valence-electron chi connectivity index (χ4n) is 8.29. The minimum absolute atomic E-state index is 0.0786. The SMILES string of the molecule is CCCCCCCCCOC(=O)CCCCCCCN(CCCCCCCCO)CCN(CCNC(=O)OC(C)(C)C(=O)OC(CCCCCCCC)CCCCCCCC)C(=O)OC(C)(C)C. The van der Waals surface area contributed by atoms with E-state index < -0.39 is 29.4 Å². The number of carbonyl (C=O) groups is 4. The zero-order chi connectivity index (χ0) is 50.6. The third-order valence-corrected chi connectivity index (χ3v) is 12.6.